The number of benzene rings is 1. The number of nitrogens with zero attached hydrogens (tertiary/aromatic N) is 1. The first-order valence-corrected chi connectivity index (χ1v) is 7.05. The van der Waals surface area contributed by atoms with Crippen LogP contribution < -0.4 is 4.74 Å². The third-order valence-corrected chi connectivity index (χ3v) is 3.05. The molecular weight excluding hydrogens is 274 g/mol. The van der Waals surface area contributed by atoms with Gasteiger partial charge in [0.15, 0.2) is 5.75 Å². The molecular formula is C15H21NO5. The smallest absolute Gasteiger partial charge is 0.311 e. The van der Waals surface area contributed by atoms with Crippen LogP contribution in [0.15, 0.2) is 18.2 Å². The second-order valence-electron chi connectivity index (χ2n) is 4.72. The number of methoxy groups -OCH3 is 1. The first-order valence-electron chi connectivity index (χ1n) is 7.05. The summed E-state index contributed by atoms with van der Waals surface area (Å²) in [4.78, 5) is 21.8. The van der Waals surface area contributed by atoms with Crippen molar-refractivity contribution < 1.29 is 19.2 Å². The Bertz CT molecular complexity index is 487. The van der Waals surface area contributed by atoms with Crippen molar-refractivity contribution in [3.8, 4) is 5.75 Å². The molecule has 0 aliphatic carbocycles. The third kappa shape index (κ3) is 5.81. The highest BCUT2D eigenvalue weighted by molar-refractivity contribution is 5.73. The van der Waals surface area contributed by atoms with Crippen molar-refractivity contribution in [2.75, 3.05) is 13.7 Å². The molecule has 1 aromatic carbocycles. The Morgan fingerprint density at radius 1 is 1.29 bits per heavy atom. The van der Waals surface area contributed by atoms with Gasteiger partial charge in [-0.25, -0.2) is 0 Å². The highest BCUT2D eigenvalue weighted by Gasteiger charge is 2.17. The number of rotatable bonds is 9. The van der Waals surface area contributed by atoms with E-state index in [1.807, 2.05) is 0 Å². The average Bonchev–Trinajstić information content (AvgIpc) is 2.47. The Morgan fingerprint density at radius 2 is 2.05 bits per heavy atom. The van der Waals surface area contributed by atoms with Crippen molar-refractivity contribution in [2.24, 2.45) is 0 Å². The highest BCUT2D eigenvalue weighted by atomic mass is 16.6. The van der Waals surface area contributed by atoms with Gasteiger partial charge in [0.1, 0.15) is 0 Å². The van der Waals surface area contributed by atoms with Crippen LogP contribution in [0.2, 0.25) is 0 Å². The highest BCUT2D eigenvalue weighted by Crippen LogP contribution is 2.28. The van der Waals surface area contributed by atoms with Crippen molar-refractivity contribution in [3.63, 3.8) is 0 Å². The molecule has 0 bridgehead atoms. The van der Waals surface area contributed by atoms with E-state index in [1.165, 1.54) is 19.2 Å². The zero-order valence-corrected chi connectivity index (χ0v) is 12.5. The molecule has 0 saturated heterocycles. The molecule has 0 amide bonds. The molecule has 0 aliphatic rings. The first-order chi connectivity index (χ1) is 10.1. The molecule has 0 aromatic heterocycles. The second-order valence-corrected chi connectivity index (χ2v) is 4.72. The molecule has 6 nitrogen and oxygen atoms in total. The number of hydrogen-bond acceptors (Lipinski definition) is 5. The minimum Gasteiger partial charge on any atom is -0.487 e. The lowest BCUT2D eigenvalue weighted by Gasteiger charge is -2.08. The number of unbranched alkanes of at least 4 members (excludes halogenated alkanes) is 3. The summed E-state index contributed by atoms with van der Waals surface area (Å²) in [6.07, 6.45) is 4.18. The van der Waals surface area contributed by atoms with Gasteiger partial charge in [0, 0.05) is 6.07 Å². The molecule has 0 saturated carbocycles. The van der Waals surface area contributed by atoms with Gasteiger partial charge in [-0.05, 0) is 18.1 Å². The van der Waals surface area contributed by atoms with Gasteiger partial charge in [0.2, 0.25) is 0 Å². The third-order valence-electron chi connectivity index (χ3n) is 3.05. The van der Waals surface area contributed by atoms with Crippen LogP contribution in [0.1, 0.15) is 38.2 Å². The topological polar surface area (TPSA) is 78.7 Å². The molecule has 0 N–H and O–H groups in total. The zero-order valence-electron chi connectivity index (χ0n) is 12.5. The molecule has 0 aliphatic heterocycles. The van der Waals surface area contributed by atoms with Crippen LogP contribution in [-0.2, 0) is 16.0 Å². The Morgan fingerprint density at radius 3 is 2.67 bits per heavy atom. The Hall–Kier alpha value is -2.11. The monoisotopic (exact) mass is 295 g/mol. The molecule has 21 heavy (non-hydrogen) atoms. The maximum atomic E-state index is 11.2. The lowest BCUT2D eigenvalue weighted by molar-refractivity contribution is -0.385. The number of carbonyl (C=O) groups excluding carboxylic acids is 1. The number of carbonyl (C=O) groups is 1. The molecule has 0 fully saturated rings. The normalized spacial score (nSPS) is 10.2. The predicted octanol–water partition coefficient (Wildman–Crippen LogP) is 3.27. The molecule has 0 spiro atoms. The van der Waals surface area contributed by atoms with Gasteiger partial charge in [0.05, 0.1) is 25.1 Å². The SMILES string of the molecule is CCCCCCOc1ccc(CC(=O)OC)cc1[N+](=O)[O-]. The van der Waals surface area contributed by atoms with Gasteiger partial charge in [-0.2, -0.15) is 0 Å². The van der Waals surface area contributed by atoms with E-state index in [1.54, 1.807) is 6.07 Å². The number of ether oxygens (including phenoxy) is 2. The summed E-state index contributed by atoms with van der Waals surface area (Å²) in [5, 5.41) is 11.1. The molecule has 0 unspecified atom stereocenters. The van der Waals surface area contributed by atoms with Crippen LogP contribution in [0.4, 0.5) is 5.69 Å². The quantitative estimate of drug-likeness (QED) is 0.302. The fourth-order valence-corrected chi connectivity index (χ4v) is 1.89. The summed E-state index contributed by atoms with van der Waals surface area (Å²) >= 11 is 0. The maximum absolute atomic E-state index is 11.2. The summed E-state index contributed by atoms with van der Waals surface area (Å²) < 4.78 is 10.0. The summed E-state index contributed by atoms with van der Waals surface area (Å²) in [6.45, 7) is 2.57. The van der Waals surface area contributed by atoms with Crippen molar-refractivity contribution in [3.05, 3.63) is 33.9 Å². The standard InChI is InChI=1S/C15H21NO5/c1-3-4-5-6-9-21-14-8-7-12(11-15(17)20-2)10-13(14)16(18)19/h7-8,10H,3-6,9,11H2,1-2H3. The predicted molar refractivity (Wildman–Crippen MR) is 78.5 cm³/mol. The molecule has 0 atom stereocenters. The van der Waals surface area contributed by atoms with Gasteiger partial charge in [0.25, 0.3) is 0 Å². The minimum atomic E-state index is -0.498. The van der Waals surface area contributed by atoms with E-state index >= 15 is 0 Å². The van der Waals surface area contributed by atoms with Crippen LogP contribution in [0.25, 0.3) is 0 Å². The maximum Gasteiger partial charge on any atom is 0.311 e. The molecule has 6 heteroatoms. The van der Waals surface area contributed by atoms with Crippen LogP contribution in [0.5, 0.6) is 5.75 Å². The second kappa shape index (κ2) is 8.94. The largest absolute Gasteiger partial charge is 0.487 e. The van der Waals surface area contributed by atoms with E-state index in [-0.39, 0.29) is 17.9 Å². The van der Waals surface area contributed by atoms with Gasteiger partial charge in [-0.1, -0.05) is 32.3 Å². The van der Waals surface area contributed by atoms with Crippen molar-refractivity contribution >= 4 is 11.7 Å². The van der Waals surface area contributed by atoms with Crippen LogP contribution in [0.3, 0.4) is 0 Å². The summed E-state index contributed by atoms with van der Waals surface area (Å²) in [5.41, 5.74) is 0.416. The van der Waals surface area contributed by atoms with Gasteiger partial charge >= 0.3 is 11.7 Å². The summed E-state index contributed by atoms with van der Waals surface area (Å²) in [6, 6.07) is 4.54. The van der Waals surface area contributed by atoms with E-state index in [2.05, 4.69) is 11.7 Å². The van der Waals surface area contributed by atoms with Crippen molar-refractivity contribution in [2.45, 2.75) is 39.0 Å². The van der Waals surface area contributed by atoms with Gasteiger partial charge in [-0.15, -0.1) is 0 Å². The Balaban J connectivity index is 2.70. The molecule has 1 rings (SSSR count). The lowest BCUT2D eigenvalue weighted by Crippen LogP contribution is -2.06. The molecule has 0 heterocycles. The number of nitro benzene ring substituents is 1. The van der Waals surface area contributed by atoms with Crippen LogP contribution in [0, 0.1) is 10.1 Å². The van der Waals surface area contributed by atoms with E-state index in [0.717, 1.165) is 25.7 Å². The van der Waals surface area contributed by atoms with Crippen molar-refractivity contribution in [1.82, 2.24) is 0 Å². The van der Waals surface area contributed by atoms with E-state index in [0.29, 0.717) is 12.2 Å². The van der Waals surface area contributed by atoms with E-state index < -0.39 is 10.9 Å². The number of esters is 1. The van der Waals surface area contributed by atoms with Crippen molar-refractivity contribution in [1.29, 1.82) is 0 Å². The van der Waals surface area contributed by atoms with Crippen LogP contribution >= 0.6 is 0 Å². The van der Waals surface area contributed by atoms with E-state index in [9.17, 15) is 14.9 Å². The first kappa shape index (κ1) is 16.9. The fraction of sp³-hybridized carbons (Fsp3) is 0.533. The summed E-state index contributed by atoms with van der Waals surface area (Å²) in [7, 11) is 1.28. The van der Waals surface area contributed by atoms with Crippen LogP contribution in [-0.4, -0.2) is 24.6 Å². The number of hydrogen-bond donors (Lipinski definition) is 0. The Kier molecular flexibility index (Phi) is 7.21. The summed E-state index contributed by atoms with van der Waals surface area (Å²) in [5.74, 6) is -0.192. The lowest BCUT2D eigenvalue weighted by atomic mass is 10.1. The van der Waals surface area contributed by atoms with Gasteiger partial charge in [-0.3, -0.25) is 14.9 Å². The zero-order chi connectivity index (χ0) is 15.7. The molecule has 116 valence electrons. The fourth-order valence-electron chi connectivity index (χ4n) is 1.89. The average molecular weight is 295 g/mol. The molecule has 0 radical (unpaired) electrons. The number of nitro groups is 1. The Labute approximate surface area is 124 Å². The van der Waals surface area contributed by atoms with E-state index in [4.69, 9.17) is 4.74 Å². The minimum absolute atomic E-state index is 0.00806. The van der Waals surface area contributed by atoms with Gasteiger partial charge < -0.3 is 9.47 Å². The molecule has 1 aromatic rings.